The number of aliphatic hydroxyl groups is 1. The number of rotatable bonds is 2. The molecule has 2 atom stereocenters. The Hall–Kier alpha value is -2.07. The predicted molar refractivity (Wildman–Crippen MR) is 71.8 cm³/mol. The molecule has 0 saturated heterocycles. The molecule has 0 amide bonds. The maximum atomic E-state index is 12.2. The summed E-state index contributed by atoms with van der Waals surface area (Å²) in [7, 11) is 1.54. The van der Waals surface area contributed by atoms with Gasteiger partial charge in [0.15, 0.2) is 5.78 Å². The summed E-state index contributed by atoms with van der Waals surface area (Å²) >= 11 is 0. The van der Waals surface area contributed by atoms with E-state index in [2.05, 4.69) is 0 Å². The number of ketones is 1. The van der Waals surface area contributed by atoms with Crippen LogP contribution in [0.5, 0.6) is 5.75 Å². The number of carbonyl (C=O) groups is 1. The first-order valence-electron chi connectivity index (χ1n) is 6.03. The van der Waals surface area contributed by atoms with Crippen LogP contribution < -0.4 is 0 Å². The Bertz CT molecular complexity index is 557. The summed E-state index contributed by atoms with van der Waals surface area (Å²) in [5.74, 6) is -0.830. The summed E-state index contributed by atoms with van der Waals surface area (Å²) < 4.78 is 5.17. The third-order valence-corrected chi connectivity index (χ3v) is 3.31. The zero-order chi connectivity index (χ0) is 14.0. The van der Waals surface area contributed by atoms with Crippen LogP contribution in [0, 0.1) is 5.92 Å². The SMILES string of the molecule is COC1C=CC(=C(O)c2ccccc2O)C(=O)C1C. The van der Waals surface area contributed by atoms with Crippen LogP contribution in [-0.2, 0) is 9.53 Å². The topological polar surface area (TPSA) is 66.8 Å². The van der Waals surface area contributed by atoms with Crippen molar-refractivity contribution in [2.24, 2.45) is 5.92 Å². The normalized spacial score (nSPS) is 25.5. The fourth-order valence-electron chi connectivity index (χ4n) is 2.13. The monoisotopic (exact) mass is 260 g/mol. The number of carbonyl (C=O) groups excluding carboxylic acids is 1. The highest BCUT2D eigenvalue weighted by Gasteiger charge is 2.30. The molecule has 1 aliphatic carbocycles. The molecule has 2 N–H and O–H groups in total. The van der Waals surface area contributed by atoms with E-state index in [9.17, 15) is 15.0 Å². The fourth-order valence-corrected chi connectivity index (χ4v) is 2.13. The number of methoxy groups -OCH3 is 1. The number of phenols is 1. The number of hydrogen-bond acceptors (Lipinski definition) is 4. The molecule has 1 aromatic carbocycles. The molecule has 0 heterocycles. The Morgan fingerprint density at radius 1 is 1.32 bits per heavy atom. The minimum absolute atomic E-state index is 0.0600. The summed E-state index contributed by atoms with van der Waals surface area (Å²) in [6, 6.07) is 6.36. The molecule has 2 unspecified atom stereocenters. The lowest BCUT2D eigenvalue weighted by atomic mass is 9.86. The Balaban J connectivity index is 2.48. The Morgan fingerprint density at radius 3 is 2.63 bits per heavy atom. The van der Waals surface area contributed by atoms with E-state index in [-0.39, 0.29) is 40.5 Å². The zero-order valence-electron chi connectivity index (χ0n) is 10.8. The van der Waals surface area contributed by atoms with Crippen molar-refractivity contribution >= 4 is 11.5 Å². The second-order valence-electron chi connectivity index (χ2n) is 4.49. The van der Waals surface area contributed by atoms with Crippen molar-refractivity contribution < 1.29 is 19.7 Å². The van der Waals surface area contributed by atoms with Crippen LogP contribution in [-0.4, -0.2) is 29.2 Å². The van der Waals surface area contributed by atoms with Crippen LogP contribution >= 0.6 is 0 Å². The highest BCUT2D eigenvalue weighted by molar-refractivity contribution is 6.06. The van der Waals surface area contributed by atoms with Gasteiger partial charge in [0.25, 0.3) is 0 Å². The van der Waals surface area contributed by atoms with Crippen molar-refractivity contribution in [2.45, 2.75) is 13.0 Å². The molecular formula is C15H16O4. The van der Waals surface area contributed by atoms with Gasteiger partial charge in [0.1, 0.15) is 11.5 Å². The molecule has 0 saturated carbocycles. The zero-order valence-corrected chi connectivity index (χ0v) is 10.8. The molecule has 19 heavy (non-hydrogen) atoms. The molecule has 0 aliphatic heterocycles. The highest BCUT2D eigenvalue weighted by Crippen LogP contribution is 2.30. The summed E-state index contributed by atoms with van der Waals surface area (Å²) in [6.45, 7) is 1.75. The summed E-state index contributed by atoms with van der Waals surface area (Å²) in [6.07, 6.45) is 2.99. The van der Waals surface area contributed by atoms with Gasteiger partial charge in [-0.1, -0.05) is 25.1 Å². The maximum Gasteiger partial charge on any atom is 0.172 e. The Labute approximate surface area is 111 Å². The van der Waals surface area contributed by atoms with Crippen LogP contribution in [0.15, 0.2) is 42.0 Å². The van der Waals surface area contributed by atoms with E-state index >= 15 is 0 Å². The second kappa shape index (κ2) is 5.28. The largest absolute Gasteiger partial charge is 0.507 e. The molecule has 4 heteroatoms. The number of Topliss-reactive ketones (excluding diaryl/α,β-unsaturated/α-hetero) is 1. The van der Waals surface area contributed by atoms with Gasteiger partial charge in [-0.25, -0.2) is 0 Å². The van der Waals surface area contributed by atoms with Crippen molar-refractivity contribution in [2.75, 3.05) is 7.11 Å². The van der Waals surface area contributed by atoms with E-state index in [1.807, 2.05) is 0 Å². The first-order chi connectivity index (χ1) is 9.06. The number of hydrogen-bond donors (Lipinski definition) is 2. The quantitative estimate of drug-likeness (QED) is 0.633. The number of ether oxygens (including phenoxy) is 1. The molecule has 0 aromatic heterocycles. The average Bonchev–Trinajstić information content (AvgIpc) is 2.41. The summed E-state index contributed by atoms with van der Waals surface area (Å²) in [5, 5.41) is 19.9. The molecule has 0 spiro atoms. The van der Waals surface area contributed by atoms with Gasteiger partial charge in [-0.2, -0.15) is 0 Å². The van der Waals surface area contributed by atoms with E-state index in [1.165, 1.54) is 19.3 Å². The lowest BCUT2D eigenvalue weighted by Crippen LogP contribution is -2.30. The molecule has 1 aromatic rings. The van der Waals surface area contributed by atoms with Crippen molar-refractivity contribution in [1.29, 1.82) is 0 Å². The highest BCUT2D eigenvalue weighted by atomic mass is 16.5. The summed E-state index contributed by atoms with van der Waals surface area (Å²) in [4.78, 5) is 12.2. The van der Waals surface area contributed by atoms with E-state index in [0.29, 0.717) is 0 Å². The first-order valence-corrected chi connectivity index (χ1v) is 6.03. The number of aliphatic hydroxyl groups excluding tert-OH is 1. The van der Waals surface area contributed by atoms with Crippen LogP contribution in [0.25, 0.3) is 5.76 Å². The molecule has 100 valence electrons. The van der Waals surface area contributed by atoms with E-state index in [1.54, 1.807) is 31.2 Å². The Kier molecular flexibility index (Phi) is 3.71. The molecule has 0 fully saturated rings. The van der Waals surface area contributed by atoms with Gasteiger partial charge in [-0.3, -0.25) is 4.79 Å². The van der Waals surface area contributed by atoms with Crippen molar-refractivity contribution in [3.05, 3.63) is 47.6 Å². The predicted octanol–water partition coefficient (Wildman–Crippen LogP) is 2.45. The Morgan fingerprint density at radius 2 is 2.00 bits per heavy atom. The first kappa shape index (κ1) is 13.4. The van der Waals surface area contributed by atoms with Crippen molar-refractivity contribution in [3.63, 3.8) is 0 Å². The molecule has 2 rings (SSSR count). The minimum Gasteiger partial charge on any atom is -0.507 e. The molecule has 0 bridgehead atoms. The number of para-hydroxylation sites is 1. The van der Waals surface area contributed by atoms with Gasteiger partial charge in [0.2, 0.25) is 0 Å². The molecular weight excluding hydrogens is 244 g/mol. The standard InChI is InChI=1S/C15H16O4/c1-9-13(19-2)8-7-11(14(9)17)15(18)10-5-3-4-6-12(10)16/h3-9,13,16,18H,1-2H3. The molecule has 4 nitrogen and oxygen atoms in total. The van der Waals surface area contributed by atoms with Crippen molar-refractivity contribution in [1.82, 2.24) is 0 Å². The van der Waals surface area contributed by atoms with Crippen LogP contribution in [0.3, 0.4) is 0 Å². The molecule has 1 aliphatic rings. The van der Waals surface area contributed by atoms with E-state index in [4.69, 9.17) is 4.74 Å². The lowest BCUT2D eigenvalue weighted by molar-refractivity contribution is -0.121. The minimum atomic E-state index is -0.363. The van der Waals surface area contributed by atoms with Gasteiger partial charge < -0.3 is 14.9 Å². The second-order valence-corrected chi connectivity index (χ2v) is 4.49. The van der Waals surface area contributed by atoms with Crippen LogP contribution in [0.4, 0.5) is 0 Å². The van der Waals surface area contributed by atoms with Gasteiger partial charge in [-0.05, 0) is 18.2 Å². The van der Waals surface area contributed by atoms with Gasteiger partial charge in [0, 0.05) is 13.0 Å². The third-order valence-electron chi connectivity index (χ3n) is 3.31. The van der Waals surface area contributed by atoms with Crippen LogP contribution in [0.2, 0.25) is 0 Å². The van der Waals surface area contributed by atoms with E-state index < -0.39 is 0 Å². The fraction of sp³-hybridized carbons (Fsp3) is 0.267. The van der Waals surface area contributed by atoms with Gasteiger partial charge in [-0.15, -0.1) is 0 Å². The number of allylic oxidation sites excluding steroid dienone is 2. The lowest BCUT2D eigenvalue weighted by Gasteiger charge is -2.23. The maximum absolute atomic E-state index is 12.2. The van der Waals surface area contributed by atoms with Gasteiger partial charge in [0.05, 0.1) is 17.2 Å². The van der Waals surface area contributed by atoms with Gasteiger partial charge >= 0.3 is 0 Å². The molecule has 0 radical (unpaired) electrons. The van der Waals surface area contributed by atoms with E-state index in [0.717, 1.165) is 0 Å². The number of aromatic hydroxyl groups is 1. The average molecular weight is 260 g/mol. The van der Waals surface area contributed by atoms with Crippen molar-refractivity contribution in [3.8, 4) is 5.75 Å². The number of phenolic OH excluding ortho intramolecular Hbond substituents is 1. The smallest absolute Gasteiger partial charge is 0.172 e. The van der Waals surface area contributed by atoms with Crippen LogP contribution in [0.1, 0.15) is 12.5 Å². The third kappa shape index (κ3) is 2.39. The number of benzene rings is 1. The summed E-state index contributed by atoms with van der Waals surface area (Å²) in [5.41, 5.74) is 0.445.